The molecule has 0 aromatic carbocycles. The molecule has 2 heteroatoms. The lowest BCUT2D eigenvalue weighted by Crippen LogP contribution is -2.39. The van der Waals surface area contributed by atoms with Crippen LogP contribution in [0, 0.1) is 11.3 Å². The lowest BCUT2D eigenvalue weighted by Gasteiger charge is -2.43. The van der Waals surface area contributed by atoms with Gasteiger partial charge in [-0.2, -0.15) is 0 Å². The lowest BCUT2D eigenvalue weighted by molar-refractivity contribution is -0.128. The number of rotatable bonds is 2. The van der Waals surface area contributed by atoms with Crippen molar-refractivity contribution in [1.29, 1.82) is 0 Å². The van der Waals surface area contributed by atoms with Crippen LogP contribution in [0.4, 0.5) is 0 Å². The number of hydrogen-bond donors (Lipinski definition) is 0. The molecule has 2 bridgehead atoms. The van der Waals surface area contributed by atoms with Crippen LogP contribution >= 0.6 is 0 Å². The minimum Gasteiger partial charge on any atom is -0.377 e. The minimum absolute atomic E-state index is 0.138. The number of ether oxygens (including phenoxy) is 1. The summed E-state index contributed by atoms with van der Waals surface area (Å²) < 4.78 is 5.75. The molecule has 0 heterocycles. The Labute approximate surface area is 128 Å². The summed E-state index contributed by atoms with van der Waals surface area (Å²) in [5.74, 6) is 0.768. The summed E-state index contributed by atoms with van der Waals surface area (Å²) >= 11 is 0. The molecule has 2 nitrogen and oxygen atoms in total. The summed E-state index contributed by atoms with van der Waals surface area (Å²) in [7, 11) is 1.80. The molecule has 116 valence electrons. The van der Waals surface area contributed by atoms with Gasteiger partial charge in [-0.25, -0.2) is 0 Å². The predicted molar refractivity (Wildman–Crippen MR) is 85.1 cm³/mol. The molecule has 1 spiro atoms. The van der Waals surface area contributed by atoms with Gasteiger partial charge < -0.3 is 4.74 Å². The van der Waals surface area contributed by atoms with Crippen molar-refractivity contribution in [3.05, 3.63) is 22.8 Å². The van der Waals surface area contributed by atoms with Crippen LogP contribution in [0.2, 0.25) is 0 Å². The molecule has 0 aliphatic heterocycles. The Morgan fingerprint density at radius 2 is 2.00 bits per heavy atom. The van der Waals surface area contributed by atoms with E-state index in [4.69, 9.17) is 4.74 Å². The molecule has 3 aliphatic carbocycles. The van der Waals surface area contributed by atoms with Crippen LogP contribution in [0.3, 0.4) is 0 Å². The third kappa shape index (κ3) is 2.42. The highest BCUT2D eigenvalue weighted by atomic mass is 16.5. The monoisotopic (exact) mass is 288 g/mol. The maximum Gasteiger partial charge on any atom is 0.136 e. The van der Waals surface area contributed by atoms with E-state index in [1.165, 1.54) is 36.0 Å². The molecule has 0 saturated heterocycles. The van der Waals surface area contributed by atoms with E-state index >= 15 is 0 Å². The zero-order valence-corrected chi connectivity index (χ0v) is 13.7. The Morgan fingerprint density at radius 1 is 1.19 bits per heavy atom. The molecule has 1 fully saturated rings. The number of carbonyl (C=O) groups excluding carboxylic acids is 1. The minimum atomic E-state index is 0.138. The lowest BCUT2D eigenvalue weighted by atomic mass is 9.60. The topological polar surface area (TPSA) is 26.3 Å². The van der Waals surface area contributed by atoms with Crippen LogP contribution in [-0.2, 0) is 9.53 Å². The second-order valence-electron chi connectivity index (χ2n) is 7.34. The van der Waals surface area contributed by atoms with Gasteiger partial charge in [-0.15, -0.1) is 0 Å². The van der Waals surface area contributed by atoms with E-state index in [1.54, 1.807) is 7.11 Å². The van der Waals surface area contributed by atoms with Gasteiger partial charge in [0.05, 0.1) is 6.10 Å². The quantitative estimate of drug-likeness (QED) is 0.742. The van der Waals surface area contributed by atoms with Gasteiger partial charge in [0.25, 0.3) is 0 Å². The van der Waals surface area contributed by atoms with Gasteiger partial charge in [0.15, 0.2) is 0 Å². The highest BCUT2D eigenvalue weighted by molar-refractivity contribution is 5.83. The van der Waals surface area contributed by atoms with E-state index < -0.39 is 0 Å². The summed E-state index contributed by atoms with van der Waals surface area (Å²) in [6, 6.07) is 0. The van der Waals surface area contributed by atoms with Crippen molar-refractivity contribution in [2.45, 2.75) is 71.3 Å². The normalized spacial score (nSPS) is 36.0. The summed E-state index contributed by atoms with van der Waals surface area (Å²) in [4.78, 5) is 12.8. The predicted octanol–water partition coefficient (Wildman–Crippen LogP) is 4.60. The van der Waals surface area contributed by atoms with Crippen LogP contribution in [0.25, 0.3) is 0 Å². The summed E-state index contributed by atoms with van der Waals surface area (Å²) in [6.45, 7) is 4.34. The molecule has 21 heavy (non-hydrogen) atoms. The first-order valence-corrected chi connectivity index (χ1v) is 8.52. The SMILES string of the molecule is CO[C@H]1CCC(=O)[C@@H]2CCCC[C@]23CCC1=C3C=C(C)C. The van der Waals surface area contributed by atoms with Crippen LogP contribution in [0.15, 0.2) is 22.8 Å². The molecule has 0 unspecified atom stereocenters. The van der Waals surface area contributed by atoms with Gasteiger partial charge in [-0.3, -0.25) is 4.79 Å². The Balaban J connectivity index is 2.15. The van der Waals surface area contributed by atoms with E-state index in [1.807, 2.05) is 0 Å². The molecule has 0 N–H and O–H groups in total. The molecule has 0 radical (unpaired) electrons. The van der Waals surface area contributed by atoms with Crippen LogP contribution in [0.1, 0.15) is 65.2 Å². The van der Waals surface area contributed by atoms with Gasteiger partial charge in [-0.05, 0) is 57.1 Å². The van der Waals surface area contributed by atoms with Crippen LogP contribution < -0.4 is 0 Å². The van der Waals surface area contributed by atoms with Gasteiger partial charge in [0, 0.05) is 24.9 Å². The molecule has 3 atom stereocenters. The van der Waals surface area contributed by atoms with Crippen molar-refractivity contribution in [3.63, 3.8) is 0 Å². The van der Waals surface area contributed by atoms with Crippen molar-refractivity contribution in [3.8, 4) is 0 Å². The zero-order valence-electron chi connectivity index (χ0n) is 13.7. The number of carbonyl (C=O) groups is 1. The highest BCUT2D eigenvalue weighted by Gasteiger charge is 2.51. The first-order chi connectivity index (χ1) is 10.1. The third-order valence-corrected chi connectivity index (χ3v) is 5.90. The van der Waals surface area contributed by atoms with Crippen LogP contribution in [0.5, 0.6) is 0 Å². The first-order valence-electron chi connectivity index (χ1n) is 8.52. The van der Waals surface area contributed by atoms with E-state index in [-0.39, 0.29) is 17.4 Å². The number of methoxy groups -OCH3 is 1. The Morgan fingerprint density at radius 3 is 2.71 bits per heavy atom. The highest BCUT2D eigenvalue weighted by Crippen LogP contribution is 2.58. The number of Topliss-reactive ketones (excluding diaryl/α,β-unsaturated/α-hetero) is 1. The van der Waals surface area contributed by atoms with Gasteiger partial charge >= 0.3 is 0 Å². The largest absolute Gasteiger partial charge is 0.377 e. The molecule has 0 aromatic rings. The fourth-order valence-electron chi connectivity index (χ4n) is 5.02. The summed E-state index contributed by atoms with van der Waals surface area (Å²) in [5, 5.41) is 0. The maximum atomic E-state index is 12.8. The maximum absolute atomic E-state index is 12.8. The van der Waals surface area contributed by atoms with Crippen molar-refractivity contribution >= 4 is 5.78 Å². The smallest absolute Gasteiger partial charge is 0.136 e. The third-order valence-electron chi connectivity index (χ3n) is 5.90. The molecule has 0 aromatic heterocycles. The number of allylic oxidation sites excluding steroid dienone is 3. The summed E-state index contributed by atoms with van der Waals surface area (Å²) in [5.41, 5.74) is 4.46. The second kappa shape index (κ2) is 5.72. The second-order valence-corrected chi connectivity index (χ2v) is 7.34. The van der Waals surface area contributed by atoms with Crippen molar-refractivity contribution in [1.82, 2.24) is 0 Å². The molecule has 1 saturated carbocycles. The van der Waals surface area contributed by atoms with Gasteiger partial charge in [-0.1, -0.05) is 24.5 Å². The van der Waals surface area contributed by atoms with Crippen molar-refractivity contribution in [2.75, 3.05) is 7.11 Å². The standard InChI is InChI=1S/C19H28O2/c1-13(2)12-16-14-9-11-19(16)10-5-4-6-15(19)17(20)7-8-18(14)21-3/h12,15,18H,4-11H2,1-3H3/t15-,18-,19-/m0/s1. The van der Waals surface area contributed by atoms with Gasteiger partial charge in [0.1, 0.15) is 5.78 Å². The van der Waals surface area contributed by atoms with E-state index in [2.05, 4.69) is 19.9 Å². The van der Waals surface area contributed by atoms with E-state index in [0.29, 0.717) is 12.2 Å². The van der Waals surface area contributed by atoms with Crippen molar-refractivity contribution in [2.24, 2.45) is 11.3 Å². The fourth-order valence-corrected chi connectivity index (χ4v) is 5.02. The fraction of sp³-hybridized carbons (Fsp3) is 0.737. The van der Waals surface area contributed by atoms with Gasteiger partial charge in [0.2, 0.25) is 0 Å². The Kier molecular flexibility index (Phi) is 4.09. The van der Waals surface area contributed by atoms with Crippen LogP contribution in [-0.4, -0.2) is 19.0 Å². The summed E-state index contributed by atoms with van der Waals surface area (Å²) in [6.07, 6.45) is 11.2. The molecule has 0 amide bonds. The zero-order chi connectivity index (χ0) is 15.0. The molecular weight excluding hydrogens is 260 g/mol. The molecule has 3 rings (SSSR count). The number of ketones is 1. The Bertz CT molecular complexity index is 496. The average molecular weight is 288 g/mol. The molecular formula is C19H28O2. The van der Waals surface area contributed by atoms with Crippen molar-refractivity contribution < 1.29 is 9.53 Å². The molecule has 3 aliphatic rings. The first kappa shape index (κ1) is 15.0. The van der Waals surface area contributed by atoms with E-state index in [0.717, 1.165) is 25.7 Å². The average Bonchev–Trinajstić information content (AvgIpc) is 2.81. The van der Waals surface area contributed by atoms with E-state index in [9.17, 15) is 4.79 Å². The number of hydrogen-bond acceptors (Lipinski definition) is 2. The Hall–Kier alpha value is -0.890.